The van der Waals surface area contributed by atoms with Gasteiger partial charge in [0.05, 0.1) is 10.7 Å². The first-order chi connectivity index (χ1) is 7.58. The number of hydrogen-bond donors (Lipinski definition) is 1. The summed E-state index contributed by atoms with van der Waals surface area (Å²) in [5.74, 6) is 0.600. The Kier molecular flexibility index (Phi) is 5.42. The van der Waals surface area contributed by atoms with Crippen molar-refractivity contribution in [2.45, 2.75) is 66.0 Å². The van der Waals surface area contributed by atoms with Crippen LogP contribution in [0.5, 0.6) is 0 Å². The molecule has 0 amide bonds. The molecule has 2 nitrogen and oxygen atoms in total. The summed E-state index contributed by atoms with van der Waals surface area (Å²) in [4.78, 5) is 6.18. The number of rotatable bonds is 6. The topological polar surface area (TPSA) is 24.9 Å². The van der Waals surface area contributed by atoms with Crippen molar-refractivity contribution < 1.29 is 0 Å². The van der Waals surface area contributed by atoms with Gasteiger partial charge in [0.1, 0.15) is 0 Å². The monoisotopic (exact) mass is 240 g/mol. The molecule has 0 fully saturated rings. The highest BCUT2D eigenvalue weighted by molar-refractivity contribution is 7.11. The zero-order valence-electron chi connectivity index (χ0n) is 11.1. The van der Waals surface area contributed by atoms with E-state index in [9.17, 15) is 0 Å². The molecule has 1 unspecified atom stereocenters. The van der Waals surface area contributed by atoms with Crippen LogP contribution in [0.4, 0.5) is 0 Å². The largest absolute Gasteiger partial charge is 0.310 e. The summed E-state index contributed by atoms with van der Waals surface area (Å²) in [6.07, 6.45) is 2.22. The van der Waals surface area contributed by atoms with E-state index in [-0.39, 0.29) is 0 Å². The Balaban J connectivity index is 2.78. The van der Waals surface area contributed by atoms with Gasteiger partial charge in [0.25, 0.3) is 0 Å². The SMILES string of the molecule is CCc1nc(C(C)CC)sc1CNC(C)C. The lowest BCUT2D eigenvalue weighted by atomic mass is 10.1. The van der Waals surface area contributed by atoms with Gasteiger partial charge in [-0.3, -0.25) is 0 Å². The van der Waals surface area contributed by atoms with Crippen molar-refractivity contribution in [3.8, 4) is 0 Å². The van der Waals surface area contributed by atoms with Crippen molar-refractivity contribution in [2.24, 2.45) is 0 Å². The Morgan fingerprint density at radius 3 is 2.44 bits per heavy atom. The maximum absolute atomic E-state index is 4.76. The van der Waals surface area contributed by atoms with Crippen LogP contribution in [0.3, 0.4) is 0 Å². The van der Waals surface area contributed by atoms with Gasteiger partial charge in [-0.05, 0) is 12.8 Å². The summed E-state index contributed by atoms with van der Waals surface area (Å²) in [6.45, 7) is 12.0. The zero-order valence-corrected chi connectivity index (χ0v) is 11.9. The number of aromatic nitrogens is 1. The average molecular weight is 240 g/mol. The molecule has 16 heavy (non-hydrogen) atoms. The van der Waals surface area contributed by atoms with Crippen LogP contribution in [-0.2, 0) is 13.0 Å². The first-order valence-electron chi connectivity index (χ1n) is 6.30. The predicted octanol–water partition coefficient (Wildman–Crippen LogP) is 3.72. The summed E-state index contributed by atoms with van der Waals surface area (Å²) in [7, 11) is 0. The lowest BCUT2D eigenvalue weighted by molar-refractivity contribution is 0.590. The van der Waals surface area contributed by atoms with Gasteiger partial charge in [0.15, 0.2) is 0 Å². The smallest absolute Gasteiger partial charge is 0.0959 e. The van der Waals surface area contributed by atoms with Crippen molar-refractivity contribution in [3.63, 3.8) is 0 Å². The van der Waals surface area contributed by atoms with E-state index in [4.69, 9.17) is 4.98 Å². The third-order valence-electron chi connectivity index (χ3n) is 2.83. The van der Waals surface area contributed by atoms with Gasteiger partial charge >= 0.3 is 0 Å². The molecule has 0 spiro atoms. The minimum atomic E-state index is 0.541. The predicted molar refractivity (Wildman–Crippen MR) is 72.2 cm³/mol. The fourth-order valence-electron chi connectivity index (χ4n) is 1.50. The fraction of sp³-hybridized carbons (Fsp3) is 0.769. The lowest BCUT2D eigenvalue weighted by Gasteiger charge is -2.06. The van der Waals surface area contributed by atoms with Crippen LogP contribution < -0.4 is 5.32 Å². The summed E-state index contributed by atoms with van der Waals surface area (Å²) in [5, 5.41) is 4.78. The highest BCUT2D eigenvalue weighted by Crippen LogP contribution is 2.27. The van der Waals surface area contributed by atoms with Crippen LogP contribution in [0.25, 0.3) is 0 Å². The normalized spacial score (nSPS) is 13.4. The van der Waals surface area contributed by atoms with Gasteiger partial charge in [-0.15, -0.1) is 11.3 Å². The molecule has 1 aromatic rings. The first kappa shape index (κ1) is 13.7. The van der Waals surface area contributed by atoms with E-state index in [0.717, 1.165) is 13.0 Å². The van der Waals surface area contributed by atoms with E-state index in [2.05, 4.69) is 39.9 Å². The molecule has 1 heterocycles. The lowest BCUT2D eigenvalue weighted by Crippen LogP contribution is -2.21. The number of thiazole rings is 1. The molecule has 1 atom stereocenters. The van der Waals surface area contributed by atoms with E-state index in [1.807, 2.05) is 11.3 Å². The Bertz CT molecular complexity index is 318. The molecule has 0 radical (unpaired) electrons. The quantitative estimate of drug-likeness (QED) is 0.820. The summed E-state index contributed by atoms with van der Waals surface area (Å²) in [5.41, 5.74) is 1.29. The third-order valence-corrected chi connectivity index (χ3v) is 4.16. The second-order valence-electron chi connectivity index (χ2n) is 4.62. The molecule has 92 valence electrons. The van der Waals surface area contributed by atoms with Gasteiger partial charge in [-0.2, -0.15) is 0 Å². The van der Waals surface area contributed by atoms with E-state index in [0.29, 0.717) is 12.0 Å². The second kappa shape index (κ2) is 6.36. The Hall–Kier alpha value is -0.410. The Morgan fingerprint density at radius 1 is 1.25 bits per heavy atom. The molecule has 0 saturated heterocycles. The molecule has 1 aromatic heterocycles. The molecular formula is C13H24N2S. The maximum atomic E-state index is 4.76. The molecule has 3 heteroatoms. The highest BCUT2D eigenvalue weighted by atomic mass is 32.1. The van der Waals surface area contributed by atoms with Crippen molar-refractivity contribution in [1.29, 1.82) is 0 Å². The van der Waals surface area contributed by atoms with Crippen molar-refractivity contribution in [2.75, 3.05) is 0 Å². The molecule has 0 aliphatic rings. The van der Waals surface area contributed by atoms with Crippen LogP contribution in [0, 0.1) is 0 Å². The van der Waals surface area contributed by atoms with Gasteiger partial charge in [-0.25, -0.2) is 4.98 Å². The van der Waals surface area contributed by atoms with Crippen LogP contribution in [0.2, 0.25) is 0 Å². The van der Waals surface area contributed by atoms with Gasteiger partial charge < -0.3 is 5.32 Å². The van der Waals surface area contributed by atoms with Crippen LogP contribution in [-0.4, -0.2) is 11.0 Å². The van der Waals surface area contributed by atoms with E-state index < -0.39 is 0 Å². The molecular weight excluding hydrogens is 216 g/mol. The molecule has 0 aliphatic heterocycles. The summed E-state index contributed by atoms with van der Waals surface area (Å²) in [6, 6.07) is 0.541. The number of aryl methyl sites for hydroxylation is 1. The highest BCUT2D eigenvalue weighted by Gasteiger charge is 2.13. The van der Waals surface area contributed by atoms with E-state index in [1.165, 1.54) is 22.0 Å². The molecule has 1 N–H and O–H groups in total. The van der Waals surface area contributed by atoms with Crippen LogP contribution in [0.1, 0.15) is 62.5 Å². The van der Waals surface area contributed by atoms with E-state index in [1.54, 1.807) is 0 Å². The Labute approximate surface area is 103 Å². The van der Waals surface area contributed by atoms with Gasteiger partial charge in [-0.1, -0.05) is 34.6 Å². The van der Waals surface area contributed by atoms with Crippen LogP contribution >= 0.6 is 11.3 Å². The standard InChI is InChI=1S/C13H24N2S/c1-6-10(5)13-15-11(7-2)12(16-13)8-14-9(3)4/h9-10,14H,6-8H2,1-5H3. The van der Waals surface area contributed by atoms with Gasteiger partial charge in [0, 0.05) is 23.4 Å². The Morgan fingerprint density at radius 2 is 1.94 bits per heavy atom. The third kappa shape index (κ3) is 3.56. The first-order valence-corrected chi connectivity index (χ1v) is 7.11. The second-order valence-corrected chi connectivity index (χ2v) is 5.74. The average Bonchev–Trinajstić information content (AvgIpc) is 2.68. The number of hydrogen-bond acceptors (Lipinski definition) is 3. The van der Waals surface area contributed by atoms with Gasteiger partial charge in [0.2, 0.25) is 0 Å². The number of nitrogens with one attached hydrogen (secondary N) is 1. The van der Waals surface area contributed by atoms with Crippen molar-refractivity contribution >= 4 is 11.3 Å². The number of nitrogens with zero attached hydrogens (tertiary/aromatic N) is 1. The minimum absolute atomic E-state index is 0.541. The maximum Gasteiger partial charge on any atom is 0.0959 e. The van der Waals surface area contributed by atoms with Crippen molar-refractivity contribution in [3.05, 3.63) is 15.6 Å². The molecule has 0 bridgehead atoms. The summed E-state index contributed by atoms with van der Waals surface area (Å²) >= 11 is 1.89. The fourth-order valence-corrected chi connectivity index (χ4v) is 2.74. The van der Waals surface area contributed by atoms with Crippen LogP contribution in [0.15, 0.2) is 0 Å². The zero-order chi connectivity index (χ0) is 12.1. The molecule has 1 rings (SSSR count). The minimum Gasteiger partial charge on any atom is -0.310 e. The van der Waals surface area contributed by atoms with Crippen molar-refractivity contribution in [1.82, 2.24) is 10.3 Å². The summed E-state index contributed by atoms with van der Waals surface area (Å²) < 4.78 is 0. The molecule has 0 saturated carbocycles. The van der Waals surface area contributed by atoms with E-state index >= 15 is 0 Å². The molecule has 0 aromatic carbocycles. The molecule has 0 aliphatic carbocycles.